The number of alkyl halides is 3. The van der Waals surface area contributed by atoms with Crippen LogP contribution in [0.3, 0.4) is 0 Å². The van der Waals surface area contributed by atoms with E-state index in [-0.39, 0.29) is 5.56 Å². The maximum atomic E-state index is 12.3. The third-order valence-corrected chi connectivity index (χ3v) is 5.08. The van der Waals surface area contributed by atoms with Gasteiger partial charge in [0.1, 0.15) is 0 Å². The Bertz CT molecular complexity index is 1250. The summed E-state index contributed by atoms with van der Waals surface area (Å²) in [6.45, 7) is 0. The van der Waals surface area contributed by atoms with Crippen LogP contribution >= 0.6 is 11.6 Å². The first-order chi connectivity index (χ1) is 14.7. The molecule has 2 aromatic carbocycles. The molecule has 2 heterocycles. The monoisotopic (exact) mass is 448 g/mol. The van der Waals surface area contributed by atoms with E-state index in [1.54, 1.807) is 31.4 Å². The molecule has 11 heteroatoms. The Kier molecular flexibility index (Phi) is 5.40. The molecule has 31 heavy (non-hydrogen) atoms. The highest BCUT2D eigenvalue weighted by Gasteiger charge is 2.28. The van der Waals surface area contributed by atoms with Gasteiger partial charge in [-0.1, -0.05) is 35.9 Å². The number of ketones is 1. The highest BCUT2D eigenvalue weighted by Crippen LogP contribution is 2.32. The van der Waals surface area contributed by atoms with Crippen molar-refractivity contribution >= 4 is 39.9 Å². The number of anilines is 2. The third kappa shape index (κ3) is 4.53. The van der Waals surface area contributed by atoms with Crippen LogP contribution in [0.5, 0.6) is 0 Å². The lowest BCUT2D eigenvalue weighted by Gasteiger charge is -2.07. The minimum atomic E-state index is -4.36. The molecular formula is C20H16ClF3N6O. The van der Waals surface area contributed by atoms with Gasteiger partial charge in [-0.05, 0) is 12.1 Å². The highest BCUT2D eigenvalue weighted by atomic mass is 35.5. The molecule has 0 amide bonds. The van der Waals surface area contributed by atoms with Crippen molar-refractivity contribution < 1.29 is 18.0 Å². The third-order valence-electron chi connectivity index (χ3n) is 4.67. The van der Waals surface area contributed by atoms with Gasteiger partial charge < -0.3 is 5.32 Å². The zero-order valence-corrected chi connectivity index (χ0v) is 16.9. The number of rotatable bonds is 6. The summed E-state index contributed by atoms with van der Waals surface area (Å²) in [6.07, 6.45) is -4.46. The highest BCUT2D eigenvalue weighted by molar-refractivity contribution is 6.38. The fraction of sp³-hybridized carbons (Fsp3) is 0.200. The van der Waals surface area contributed by atoms with Crippen LogP contribution in [-0.2, 0) is 7.05 Å². The van der Waals surface area contributed by atoms with Crippen LogP contribution in [0.25, 0.3) is 22.3 Å². The van der Waals surface area contributed by atoms with Crippen molar-refractivity contribution in [2.45, 2.75) is 19.0 Å². The van der Waals surface area contributed by atoms with Crippen molar-refractivity contribution in [3.63, 3.8) is 0 Å². The number of nitrogens with zero attached hydrogens (tertiary/aromatic N) is 4. The largest absolute Gasteiger partial charge is 0.389 e. The average Bonchev–Trinajstić information content (AvgIpc) is 3.35. The van der Waals surface area contributed by atoms with Gasteiger partial charge in [0.05, 0.1) is 28.8 Å². The number of Topliss-reactive ketones (excluding diaryl/α,β-unsaturated/α-hetero) is 1. The van der Waals surface area contributed by atoms with Crippen LogP contribution in [0.1, 0.15) is 23.2 Å². The van der Waals surface area contributed by atoms with Crippen molar-refractivity contribution in [3.8, 4) is 11.4 Å². The summed E-state index contributed by atoms with van der Waals surface area (Å²) in [7, 11) is 1.71. The van der Waals surface area contributed by atoms with Gasteiger partial charge in [-0.2, -0.15) is 23.3 Å². The van der Waals surface area contributed by atoms with Gasteiger partial charge in [0.2, 0.25) is 5.95 Å². The molecule has 0 bridgehead atoms. The lowest BCUT2D eigenvalue weighted by Crippen LogP contribution is -2.10. The van der Waals surface area contributed by atoms with Gasteiger partial charge in [-0.3, -0.25) is 9.89 Å². The zero-order valence-electron chi connectivity index (χ0n) is 16.2. The number of aryl methyl sites for hydroxylation is 1. The van der Waals surface area contributed by atoms with Crippen molar-refractivity contribution in [2.75, 3.05) is 5.32 Å². The number of H-pyrrole nitrogens is 1. The van der Waals surface area contributed by atoms with E-state index in [9.17, 15) is 18.0 Å². The molecule has 0 spiro atoms. The lowest BCUT2D eigenvalue weighted by atomic mass is 10.0. The van der Waals surface area contributed by atoms with E-state index < -0.39 is 24.8 Å². The Morgan fingerprint density at radius 2 is 1.94 bits per heavy atom. The molecule has 4 rings (SSSR count). The quantitative estimate of drug-likeness (QED) is 0.392. The van der Waals surface area contributed by atoms with Crippen LogP contribution in [0.2, 0.25) is 5.02 Å². The van der Waals surface area contributed by atoms with Crippen LogP contribution < -0.4 is 5.32 Å². The van der Waals surface area contributed by atoms with Gasteiger partial charge >= 0.3 is 6.18 Å². The van der Waals surface area contributed by atoms with Crippen molar-refractivity contribution in [1.82, 2.24) is 25.0 Å². The Balaban J connectivity index is 1.52. The van der Waals surface area contributed by atoms with Crippen LogP contribution in [0, 0.1) is 0 Å². The van der Waals surface area contributed by atoms with E-state index in [1.165, 1.54) is 16.8 Å². The fourth-order valence-electron chi connectivity index (χ4n) is 3.02. The summed E-state index contributed by atoms with van der Waals surface area (Å²) >= 11 is 6.43. The SMILES string of the molecule is Cn1nc(-c2ccc(C(=O)CCC(F)(F)F)cc2)nc1Nc1ccc2[nH]ncc2c1Cl. The number of benzene rings is 2. The summed E-state index contributed by atoms with van der Waals surface area (Å²) in [5.74, 6) is 0.259. The molecule has 0 radical (unpaired) electrons. The molecule has 2 N–H and O–H groups in total. The van der Waals surface area contributed by atoms with Crippen LogP contribution in [0.15, 0.2) is 42.6 Å². The predicted molar refractivity (Wildman–Crippen MR) is 110 cm³/mol. The van der Waals surface area contributed by atoms with Gasteiger partial charge in [-0.15, -0.1) is 5.10 Å². The summed E-state index contributed by atoms with van der Waals surface area (Å²) < 4.78 is 38.5. The molecule has 0 unspecified atom stereocenters. The topological polar surface area (TPSA) is 88.5 Å². The number of carbonyl (C=O) groups is 1. The molecule has 0 aliphatic rings. The number of hydrogen-bond donors (Lipinski definition) is 2. The number of halogens is 4. The van der Waals surface area contributed by atoms with E-state index in [1.807, 2.05) is 6.07 Å². The molecule has 0 saturated carbocycles. The van der Waals surface area contributed by atoms with E-state index in [0.717, 1.165) is 10.9 Å². The second-order valence-corrected chi connectivity index (χ2v) is 7.26. The van der Waals surface area contributed by atoms with Gasteiger partial charge in [-0.25, -0.2) is 4.68 Å². The van der Waals surface area contributed by atoms with Crippen LogP contribution in [0.4, 0.5) is 24.8 Å². The van der Waals surface area contributed by atoms with E-state index in [0.29, 0.717) is 28.0 Å². The summed E-state index contributed by atoms with van der Waals surface area (Å²) in [4.78, 5) is 16.4. The molecule has 4 aromatic rings. The number of nitrogens with one attached hydrogen (secondary N) is 2. The maximum absolute atomic E-state index is 12.3. The number of aromatic amines is 1. The smallest absolute Gasteiger partial charge is 0.323 e. The Morgan fingerprint density at radius 3 is 2.65 bits per heavy atom. The van der Waals surface area contributed by atoms with Gasteiger partial charge in [0, 0.05) is 30.0 Å². The first-order valence-electron chi connectivity index (χ1n) is 9.21. The first-order valence-corrected chi connectivity index (χ1v) is 9.59. The van der Waals surface area contributed by atoms with Crippen molar-refractivity contribution in [2.24, 2.45) is 7.05 Å². The molecule has 0 aliphatic carbocycles. The average molecular weight is 449 g/mol. The van der Waals surface area contributed by atoms with Gasteiger partial charge in [0.25, 0.3) is 0 Å². The second-order valence-electron chi connectivity index (χ2n) is 6.88. The Hall–Kier alpha value is -3.40. The minimum Gasteiger partial charge on any atom is -0.323 e. The van der Waals surface area contributed by atoms with Crippen LogP contribution in [-0.4, -0.2) is 36.9 Å². The molecule has 160 valence electrons. The predicted octanol–water partition coefficient (Wildman–Crippen LogP) is 5.28. The summed E-state index contributed by atoms with van der Waals surface area (Å²) in [5, 5.41) is 15.5. The first kappa shape index (κ1) is 20.9. The normalized spacial score (nSPS) is 11.8. The Labute approximate surface area is 179 Å². The molecule has 0 aliphatic heterocycles. The maximum Gasteiger partial charge on any atom is 0.389 e. The standard InChI is InChI=1S/C20H16ClF3N6O/c1-30-19(26-15-7-6-14-13(17(15)21)10-25-28-14)27-18(29-30)12-4-2-11(3-5-12)16(31)8-9-20(22,23)24/h2-7,10H,8-9H2,1H3,(H,25,28)(H,26,27,29). The summed E-state index contributed by atoms with van der Waals surface area (Å²) in [5.41, 5.74) is 2.26. The van der Waals surface area contributed by atoms with Gasteiger partial charge in [0.15, 0.2) is 11.6 Å². The zero-order chi connectivity index (χ0) is 22.2. The number of aromatic nitrogens is 5. The molecular weight excluding hydrogens is 433 g/mol. The molecule has 0 saturated heterocycles. The van der Waals surface area contributed by atoms with E-state index in [4.69, 9.17) is 11.6 Å². The molecule has 7 nitrogen and oxygen atoms in total. The number of carbonyl (C=O) groups excluding carboxylic acids is 1. The van der Waals surface area contributed by atoms with Crippen molar-refractivity contribution in [3.05, 3.63) is 53.2 Å². The summed E-state index contributed by atoms with van der Waals surface area (Å²) in [6, 6.07) is 9.78. The number of hydrogen-bond acceptors (Lipinski definition) is 5. The molecule has 0 fully saturated rings. The number of fused-ring (bicyclic) bond motifs is 1. The molecule has 0 atom stereocenters. The lowest BCUT2D eigenvalue weighted by molar-refractivity contribution is -0.133. The Morgan fingerprint density at radius 1 is 1.19 bits per heavy atom. The van der Waals surface area contributed by atoms with Crippen molar-refractivity contribution in [1.29, 1.82) is 0 Å². The fourth-order valence-corrected chi connectivity index (χ4v) is 3.28. The second kappa shape index (κ2) is 8.03. The van der Waals surface area contributed by atoms with E-state index in [2.05, 4.69) is 25.6 Å². The molecule has 2 aromatic heterocycles. The van der Waals surface area contributed by atoms with E-state index >= 15 is 0 Å². The minimum absolute atomic E-state index is 0.211.